The molecule has 2 saturated carbocycles. The van der Waals surface area contributed by atoms with E-state index in [9.17, 15) is 18.1 Å². The Morgan fingerprint density at radius 1 is 1.33 bits per heavy atom. The van der Waals surface area contributed by atoms with Crippen molar-refractivity contribution in [2.24, 2.45) is 17.8 Å². The van der Waals surface area contributed by atoms with Gasteiger partial charge in [-0.05, 0) is 38.0 Å². The minimum Gasteiger partial charge on any atom is -0.746 e. The fraction of sp³-hybridized carbons (Fsp3) is 1.00. The second kappa shape index (κ2) is 4.27. The maximum atomic E-state index is 10.9. The monoisotopic (exact) mass is 242 g/mol. The minimum atomic E-state index is -4.60. The second-order valence-corrected chi connectivity index (χ2v) is 6.52. The zero-order chi connectivity index (χ0) is 10.6. The molecule has 2 rings (SSSR count). The summed E-state index contributed by atoms with van der Waals surface area (Å²) in [6.07, 6.45) is 3.76. The average molecular weight is 242 g/mol. The van der Waals surface area contributed by atoms with Gasteiger partial charge in [-0.2, -0.15) is 0 Å². The van der Waals surface area contributed by atoms with Crippen LogP contribution in [0, 0.1) is 17.8 Å². The van der Waals surface area contributed by atoms with Crippen molar-refractivity contribution >= 4 is 10.1 Å². The van der Waals surface area contributed by atoms with E-state index in [0.29, 0.717) is 12.3 Å². The molecule has 0 aromatic carbocycles. The molecule has 4 nitrogen and oxygen atoms in total. The molecule has 2 aliphatic rings. The topological polar surface area (TPSA) is 77.4 Å². The maximum absolute atomic E-state index is 10.9. The number of aliphatic hydroxyl groups is 1. The summed E-state index contributed by atoms with van der Waals surface area (Å²) >= 11 is 0. The van der Waals surface area contributed by atoms with Gasteiger partial charge in [0.2, 0.25) is 0 Å². The van der Waals surface area contributed by atoms with Gasteiger partial charge in [-0.3, -0.25) is 0 Å². The van der Waals surface area contributed by atoms with Gasteiger partial charge in [-0.15, -0.1) is 0 Å². The third-order valence-electron chi connectivity index (χ3n) is 3.93. The van der Waals surface area contributed by atoms with Crippen molar-refractivity contribution in [1.29, 1.82) is 0 Å². The summed E-state index contributed by atoms with van der Waals surface area (Å²) in [7, 11) is -4.60. The van der Waals surface area contributed by atoms with Crippen LogP contribution in [0.4, 0.5) is 0 Å². The van der Waals surface area contributed by atoms with E-state index in [1.165, 1.54) is 0 Å². The molecule has 4 atom stereocenters. The largest absolute Gasteiger partial charge is 1.00 e. The van der Waals surface area contributed by atoms with Gasteiger partial charge >= 0.3 is 29.6 Å². The molecule has 6 heteroatoms. The van der Waals surface area contributed by atoms with Crippen LogP contribution in [0.25, 0.3) is 0 Å². The van der Waals surface area contributed by atoms with Crippen LogP contribution in [-0.2, 0) is 10.1 Å². The first kappa shape index (κ1) is 13.9. The molecule has 0 saturated heterocycles. The molecular formula is C9H15NaO4S. The molecule has 0 heterocycles. The molecule has 0 amide bonds. The maximum Gasteiger partial charge on any atom is 1.00 e. The van der Waals surface area contributed by atoms with Crippen molar-refractivity contribution in [2.45, 2.75) is 37.5 Å². The van der Waals surface area contributed by atoms with Crippen molar-refractivity contribution in [1.82, 2.24) is 0 Å². The fourth-order valence-electron chi connectivity index (χ4n) is 3.09. The van der Waals surface area contributed by atoms with Gasteiger partial charge in [0.15, 0.2) is 4.93 Å². The van der Waals surface area contributed by atoms with Crippen molar-refractivity contribution in [3.05, 3.63) is 0 Å². The van der Waals surface area contributed by atoms with Crippen LogP contribution in [0.5, 0.6) is 0 Å². The van der Waals surface area contributed by atoms with Crippen molar-refractivity contribution < 1.29 is 47.6 Å². The smallest absolute Gasteiger partial charge is 0.746 e. The number of hydrogen-bond donors (Lipinski definition) is 1. The Balaban J connectivity index is 0.00000112. The van der Waals surface area contributed by atoms with Gasteiger partial charge in [0.25, 0.3) is 0 Å². The summed E-state index contributed by atoms with van der Waals surface area (Å²) in [6.45, 7) is 1.15. The third kappa shape index (κ3) is 2.28. The van der Waals surface area contributed by atoms with Crippen LogP contribution in [0.1, 0.15) is 32.6 Å². The first-order chi connectivity index (χ1) is 6.32. The molecule has 4 unspecified atom stereocenters. The first-order valence-electron chi connectivity index (χ1n) is 5.00. The van der Waals surface area contributed by atoms with Gasteiger partial charge in [0, 0.05) is 5.92 Å². The molecule has 82 valence electrons. The van der Waals surface area contributed by atoms with Gasteiger partial charge in [-0.25, -0.2) is 8.42 Å². The Kier molecular flexibility index (Phi) is 3.97. The molecule has 0 radical (unpaired) electrons. The van der Waals surface area contributed by atoms with Gasteiger partial charge in [0.1, 0.15) is 10.1 Å². The van der Waals surface area contributed by atoms with Crippen molar-refractivity contribution in [2.75, 3.05) is 0 Å². The zero-order valence-electron chi connectivity index (χ0n) is 9.14. The summed E-state index contributed by atoms with van der Waals surface area (Å²) in [4.78, 5) is -2.06. The zero-order valence-corrected chi connectivity index (χ0v) is 12.0. The minimum absolute atomic E-state index is 0. The normalized spacial score (nSPS) is 38.5. The molecule has 2 bridgehead atoms. The predicted molar refractivity (Wildman–Crippen MR) is 49.3 cm³/mol. The van der Waals surface area contributed by atoms with E-state index >= 15 is 0 Å². The SMILES string of the molecule is CC(O)(C1CC2CCC1C2)S(=O)(=O)[O-].[Na+]. The van der Waals surface area contributed by atoms with Crippen LogP contribution in [0.15, 0.2) is 0 Å². The van der Waals surface area contributed by atoms with E-state index in [1.54, 1.807) is 0 Å². The van der Waals surface area contributed by atoms with E-state index in [4.69, 9.17) is 0 Å². The standard InChI is InChI=1S/C9H16O4S.Na/c1-9(10,14(11,12)13)8-5-6-2-3-7(8)4-6;/h6-8,10H,2-5H2,1H3,(H,11,12,13);/q;+1/p-1. The molecule has 15 heavy (non-hydrogen) atoms. The molecule has 0 aliphatic heterocycles. The summed E-state index contributed by atoms with van der Waals surface area (Å²) in [5.41, 5.74) is 0. The number of fused-ring (bicyclic) bond motifs is 2. The quantitative estimate of drug-likeness (QED) is 0.435. The van der Waals surface area contributed by atoms with Crippen LogP contribution < -0.4 is 29.6 Å². The summed E-state index contributed by atoms with van der Waals surface area (Å²) in [6, 6.07) is 0. The van der Waals surface area contributed by atoms with E-state index < -0.39 is 15.1 Å². The van der Waals surface area contributed by atoms with Crippen LogP contribution in [-0.4, -0.2) is 23.0 Å². The van der Waals surface area contributed by atoms with E-state index in [1.807, 2.05) is 0 Å². The van der Waals surface area contributed by atoms with Gasteiger partial charge in [-0.1, -0.05) is 6.42 Å². The molecule has 2 aliphatic carbocycles. The Morgan fingerprint density at radius 3 is 2.27 bits per heavy atom. The molecule has 1 N–H and O–H groups in total. The Bertz CT molecular complexity index is 338. The first-order valence-corrected chi connectivity index (χ1v) is 6.41. The molecule has 0 aromatic rings. The Morgan fingerprint density at radius 2 is 1.93 bits per heavy atom. The number of hydrogen-bond acceptors (Lipinski definition) is 4. The molecule has 0 aromatic heterocycles. The average Bonchev–Trinajstić information content (AvgIpc) is 2.61. The van der Waals surface area contributed by atoms with Crippen LogP contribution >= 0.6 is 0 Å². The predicted octanol–water partition coefficient (Wildman–Crippen LogP) is -2.32. The van der Waals surface area contributed by atoms with Crippen molar-refractivity contribution in [3.63, 3.8) is 0 Å². The van der Waals surface area contributed by atoms with Crippen molar-refractivity contribution in [3.8, 4) is 0 Å². The van der Waals surface area contributed by atoms with Gasteiger partial charge in [0.05, 0.1) is 0 Å². The third-order valence-corrected chi connectivity index (χ3v) is 5.25. The van der Waals surface area contributed by atoms with E-state index in [-0.39, 0.29) is 41.4 Å². The van der Waals surface area contributed by atoms with E-state index in [0.717, 1.165) is 26.2 Å². The van der Waals surface area contributed by atoms with E-state index in [2.05, 4.69) is 0 Å². The molecular weight excluding hydrogens is 227 g/mol. The molecule has 2 fully saturated rings. The van der Waals surface area contributed by atoms with Crippen LogP contribution in [0.2, 0.25) is 0 Å². The Labute approximate surface area is 112 Å². The van der Waals surface area contributed by atoms with Gasteiger partial charge < -0.3 is 9.66 Å². The molecule has 0 spiro atoms. The summed E-state index contributed by atoms with van der Waals surface area (Å²) in [5.74, 6) is 0.417. The summed E-state index contributed by atoms with van der Waals surface area (Å²) in [5, 5.41) is 9.77. The second-order valence-electron chi connectivity index (χ2n) is 4.79. The fourth-order valence-corrected chi connectivity index (χ4v) is 3.75. The van der Waals surface area contributed by atoms with Crippen LogP contribution in [0.3, 0.4) is 0 Å². The number of rotatable bonds is 2. The Hall–Kier alpha value is 0.870. The summed E-state index contributed by atoms with van der Waals surface area (Å²) < 4.78 is 32.7.